The van der Waals surface area contributed by atoms with Crippen molar-refractivity contribution in [2.45, 2.75) is 4.90 Å². The van der Waals surface area contributed by atoms with Crippen LogP contribution in [-0.2, 0) is 14.8 Å². The summed E-state index contributed by atoms with van der Waals surface area (Å²) in [6, 6.07) is 11.8. The Kier molecular flexibility index (Phi) is 4.58. The molecule has 126 valence electrons. The first-order chi connectivity index (χ1) is 12.0. The Morgan fingerprint density at radius 2 is 1.84 bits per heavy atom. The van der Waals surface area contributed by atoms with Crippen molar-refractivity contribution >= 4 is 32.8 Å². The van der Waals surface area contributed by atoms with Gasteiger partial charge >= 0.3 is 0 Å². The SMILES string of the molecule is O=C(C=Cc1ccc(F)cc1)NS(=O)(=O)c1cccc2cnccc12. The molecule has 0 saturated carbocycles. The number of carbonyl (C=O) groups is 1. The Bertz CT molecular complexity index is 1060. The number of aromatic nitrogens is 1. The standard InChI is InChI=1S/C18H13FN2O3S/c19-15-7-4-13(5-8-15)6-9-18(22)21-25(23,24)17-3-1-2-14-12-20-11-10-16(14)17/h1-12H,(H,21,22). The topological polar surface area (TPSA) is 76.1 Å². The quantitative estimate of drug-likeness (QED) is 0.729. The molecule has 5 nitrogen and oxygen atoms in total. The van der Waals surface area contributed by atoms with Crippen molar-refractivity contribution in [3.63, 3.8) is 0 Å². The fourth-order valence-electron chi connectivity index (χ4n) is 2.29. The van der Waals surface area contributed by atoms with Gasteiger partial charge in [0, 0.05) is 29.2 Å². The van der Waals surface area contributed by atoms with E-state index in [1.54, 1.807) is 24.4 Å². The van der Waals surface area contributed by atoms with Gasteiger partial charge in [-0.1, -0.05) is 24.3 Å². The maximum absolute atomic E-state index is 12.8. The van der Waals surface area contributed by atoms with Crippen LogP contribution in [0, 0.1) is 5.82 Å². The number of rotatable bonds is 4. The smallest absolute Gasteiger partial charge is 0.264 e. The number of fused-ring (bicyclic) bond motifs is 1. The van der Waals surface area contributed by atoms with Gasteiger partial charge in [-0.05, 0) is 35.9 Å². The lowest BCUT2D eigenvalue weighted by atomic mass is 10.2. The number of hydrogen-bond donors (Lipinski definition) is 1. The van der Waals surface area contributed by atoms with E-state index in [1.165, 1.54) is 42.6 Å². The second-order valence-electron chi connectivity index (χ2n) is 5.21. The van der Waals surface area contributed by atoms with Crippen LogP contribution in [-0.4, -0.2) is 19.3 Å². The van der Waals surface area contributed by atoms with Gasteiger partial charge in [0.05, 0.1) is 4.90 Å². The van der Waals surface area contributed by atoms with Gasteiger partial charge in [-0.2, -0.15) is 0 Å². The first kappa shape index (κ1) is 16.8. The van der Waals surface area contributed by atoms with Crippen LogP contribution in [0.4, 0.5) is 4.39 Å². The zero-order chi connectivity index (χ0) is 17.9. The van der Waals surface area contributed by atoms with E-state index in [4.69, 9.17) is 0 Å². The molecule has 0 bridgehead atoms. The van der Waals surface area contributed by atoms with Gasteiger partial charge < -0.3 is 0 Å². The summed E-state index contributed by atoms with van der Waals surface area (Å²) < 4.78 is 39.8. The molecule has 0 unspecified atom stereocenters. The van der Waals surface area contributed by atoms with Gasteiger partial charge in [-0.15, -0.1) is 0 Å². The lowest BCUT2D eigenvalue weighted by Gasteiger charge is -2.08. The zero-order valence-corrected chi connectivity index (χ0v) is 13.7. The first-order valence-corrected chi connectivity index (χ1v) is 8.77. The van der Waals surface area contributed by atoms with Crippen LogP contribution in [0.1, 0.15) is 5.56 Å². The molecule has 0 aliphatic heterocycles. The highest BCUT2D eigenvalue weighted by Gasteiger charge is 2.18. The van der Waals surface area contributed by atoms with Crippen molar-refractivity contribution in [3.8, 4) is 0 Å². The molecule has 0 aliphatic rings. The van der Waals surface area contributed by atoms with Crippen molar-refractivity contribution < 1.29 is 17.6 Å². The highest BCUT2D eigenvalue weighted by molar-refractivity contribution is 7.90. The molecule has 25 heavy (non-hydrogen) atoms. The van der Waals surface area contributed by atoms with Crippen LogP contribution in [0.2, 0.25) is 0 Å². The number of nitrogens with one attached hydrogen (secondary N) is 1. The number of pyridine rings is 1. The van der Waals surface area contributed by atoms with Gasteiger partial charge in [-0.3, -0.25) is 9.78 Å². The monoisotopic (exact) mass is 356 g/mol. The fraction of sp³-hybridized carbons (Fsp3) is 0. The normalized spacial score (nSPS) is 11.7. The summed E-state index contributed by atoms with van der Waals surface area (Å²) in [7, 11) is -4.04. The minimum atomic E-state index is -4.04. The van der Waals surface area contributed by atoms with Gasteiger partial charge in [0.25, 0.3) is 15.9 Å². The molecule has 3 aromatic rings. The van der Waals surface area contributed by atoms with Crippen LogP contribution in [0.15, 0.2) is 71.9 Å². The Balaban J connectivity index is 1.83. The van der Waals surface area contributed by atoms with Crippen molar-refractivity contribution in [3.05, 3.63) is 78.4 Å². The number of halogens is 1. The van der Waals surface area contributed by atoms with Crippen molar-refractivity contribution in [1.82, 2.24) is 9.71 Å². The number of amides is 1. The number of sulfonamides is 1. The van der Waals surface area contributed by atoms with E-state index in [2.05, 4.69) is 4.98 Å². The summed E-state index contributed by atoms with van der Waals surface area (Å²) in [5.74, 6) is -1.19. The van der Waals surface area contributed by atoms with E-state index in [9.17, 15) is 17.6 Å². The van der Waals surface area contributed by atoms with Crippen LogP contribution in [0.5, 0.6) is 0 Å². The van der Waals surface area contributed by atoms with E-state index in [0.717, 1.165) is 6.08 Å². The summed E-state index contributed by atoms with van der Waals surface area (Å²) >= 11 is 0. The first-order valence-electron chi connectivity index (χ1n) is 7.29. The predicted molar refractivity (Wildman–Crippen MR) is 92.5 cm³/mol. The van der Waals surface area contributed by atoms with Gasteiger partial charge in [-0.25, -0.2) is 17.5 Å². The minimum absolute atomic E-state index is 0.00377. The number of nitrogens with zero attached hydrogens (tertiary/aromatic N) is 1. The Hall–Kier alpha value is -3.06. The maximum atomic E-state index is 12.8. The Labute approximate surface area is 143 Å². The molecule has 0 saturated heterocycles. The summed E-state index contributed by atoms with van der Waals surface area (Å²) in [5.41, 5.74) is 0.574. The lowest BCUT2D eigenvalue weighted by Crippen LogP contribution is -2.29. The summed E-state index contributed by atoms with van der Waals surface area (Å²) in [5, 5.41) is 1.12. The second kappa shape index (κ2) is 6.82. The molecular formula is C18H13FN2O3S. The molecule has 7 heteroatoms. The van der Waals surface area contributed by atoms with Crippen molar-refractivity contribution in [2.24, 2.45) is 0 Å². The third-order valence-corrected chi connectivity index (χ3v) is 4.87. The molecule has 2 aromatic carbocycles. The van der Waals surface area contributed by atoms with E-state index < -0.39 is 21.7 Å². The highest BCUT2D eigenvalue weighted by Crippen LogP contribution is 2.21. The molecular weight excluding hydrogens is 343 g/mol. The fourth-order valence-corrected chi connectivity index (χ4v) is 3.47. The van der Waals surface area contributed by atoms with E-state index in [1.807, 2.05) is 4.72 Å². The minimum Gasteiger partial charge on any atom is -0.269 e. The van der Waals surface area contributed by atoms with Crippen LogP contribution >= 0.6 is 0 Å². The molecule has 1 amide bonds. The number of hydrogen-bond acceptors (Lipinski definition) is 4. The van der Waals surface area contributed by atoms with Gasteiger partial charge in [0.15, 0.2) is 0 Å². The maximum Gasteiger partial charge on any atom is 0.264 e. The molecule has 0 spiro atoms. The highest BCUT2D eigenvalue weighted by atomic mass is 32.2. The lowest BCUT2D eigenvalue weighted by molar-refractivity contribution is -0.114. The molecule has 1 N–H and O–H groups in total. The van der Waals surface area contributed by atoms with Crippen molar-refractivity contribution in [2.75, 3.05) is 0 Å². The molecule has 0 atom stereocenters. The molecule has 0 fully saturated rings. The Morgan fingerprint density at radius 3 is 2.60 bits per heavy atom. The molecule has 1 heterocycles. The van der Waals surface area contributed by atoms with Gasteiger partial charge in [0.2, 0.25) is 0 Å². The average molecular weight is 356 g/mol. The Morgan fingerprint density at radius 1 is 1.08 bits per heavy atom. The van der Waals surface area contributed by atoms with Crippen molar-refractivity contribution in [1.29, 1.82) is 0 Å². The van der Waals surface area contributed by atoms with Crippen LogP contribution in [0.3, 0.4) is 0 Å². The number of benzene rings is 2. The largest absolute Gasteiger partial charge is 0.269 e. The molecule has 0 radical (unpaired) electrons. The van der Waals surface area contributed by atoms with Crippen LogP contribution in [0.25, 0.3) is 16.8 Å². The number of carbonyl (C=O) groups excluding carboxylic acids is 1. The summed E-state index contributed by atoms with van der Waals surface area (Å²) in [4.78, 5) is 15.9. The predicted octanol–water partition coefficient (Wildman–Crippen LogP) is 2.89. The summed E-state index contributed by atoms with van der Waals surface area (Å²) in [6.07, 6.45) is 5.51. The third-order valence-electron chi connectivity index (χ3n) is 3.46. The van der Waals surface area contributed by atoms with E-state index in [-0.39, 0.29) is 4.90 Å². The third kappa shape index (κ3) is 3.89. The van der Waals surface area contributed by atoms with E-state index >= 15 is 0 Å². The zero-order valence-electron chi connectivity index (χ0n) is 12.9. The van der Waals surface area contributed by atoms with Crippen LogP contribution < -0.4 is 4.72 Å². The molecule has 0 aliphatic carbocycles. The molecule has 3 rings (SSSR count). The van der Waals surface area contributed by atoms with E-state index in [0.29, 0.717) is 16.3 Å². The average Bonchev–Trinajstić information content (AvgIpc) is 2.60. The second-order valence-corrected chi connectivity index (χ2v) is 6.86. The molecule has 1 aromatic heterocycles. The summed E-state index contributed by atoms with van der Waals surface area (Å²) in [6.45, 7) is 0. The van der Waals surface area contributed by atoms with Gasteiger partial charge in [0.1, 0.15) is 5.82 Å².